The number of para-hydroxylation sites is 1. The molecule has 1 amide bonds. The number of aryl methyl sites for hydroxylation is 1. The van der Waals surface area contributed by atoms with Gasteiger partial charge in [0.1, 0.15) is 0 Å². The zero-order valence-electron chi connectivity index (χ0n) is 12.8. The maximum absolute atomic E-state index is 12.3. The Labute approximate surface area is 132 Å². The van der Waals surface area contributed by atoms with Crippen molar-refractivity contribution < 1.29 is 28.2 Å². The second-order valence-electron chi connectivity index (χ2n) is 5.30. The van der Waals surface area contributed by atoms with E-state index in [-0.39, 0.29) is 13.1 Å². The van der Waals surface area contributed by atoms with Gasteiger partial charge in [-0.2, -0.15) is 13.2 Å². The van der Waals surface area contributed by atoms with Crippen molar-refractivity contribution in [2.75, 3.05) is 31.6 Å². The van der Waals surface area contributed by atoms with Crippen molar-refractivity contribution in [2.24, 2.45) is 0 Å². The third-order valence-electron chi connectivity index (χ3n) is 3.18. The molecule has 1 aromatic rings. The third-order valence-corrected chi connectivity index (χ3v) is 3.18. The Morgan fingerprint density at radius 3 is 2.57 bits per heavy atom. The highest BCUT2D eigenvalue weighted by Gasteiger charge is 2.28. The van der Waals surface area contributed by atoms with Crippen LogP contribution in [-0.4, -0.2) is 59.5 Å². The molecule has 0 aromatic heterocycles. The number of carbonyl (C=O) groups excluding carboxylic acids is 1. The summed E-state index contributed by atoms with van der Waals surface area (Å²) in [7, 11) is 0. The number of benzene rings is 1. The lowest BCUT2D eigenvalue weighted by atomic mass is 10.2. The quantitative estimate of drug-likeness (QED) is 0.674. The van der Waals surface area contributed by atoms with Gasteiger partial charge in [0.25, 0.3) is 0 Å². The average Bonchev–Trinajstić information content (AvgIpc) is 2.46. The molecule has 0 aliphatic rings. The van der Waals surface area contributed by atoms with E-state index in [0.717, 1.165) is 5.56 Å². The van der Waals surface area contributed by atoms with Gasteiger partial charge in [-0.05, 0) is 18.6 Å². The molecular weight excluding hydrogens is 313 g/mol. The highest BCUT2D eigenvalue weighted by atomic mass is 19.4. The van der Waals surface area contributed by atoms with Crippen LogP contribution in [-0.2, 0) is 4.79 Å². The number of hydrogen-bond donors (Lipinski definition) is 3. The topological polar surface area (TPSA) is 72.8 Å². The number of anilines is 1. The number of amides is 1. The fraction of sp³-hybridized carbons (Fsp3) is 0.533. The average molecular weight is 334 g/mol. The maximum atomic E-state index is 12.3. The van der Waals surface area contributed by atoms with E-state index in [1.165, 1.54) is 4.90 Å². The summed E-state index contributed by atoms with van der Waals surface area (Å²) in [5, 5.41) is 20.8. The molecular formula is C15H21F3N2O3. The smallest absolute Gasteiger partial charge is 0.390 e. The Balaban J connectivity index is 2.63. The Bertz CT molecular complexity index is 509. The van der Waals surface area contributed by atoms with Crippen molar-refractivity contribution in [3.8, 4) is 0 Å². The predicted octanol–water partition coefficient (Wildman–Crippen LogP) is 1.54. The molecule has 0 heterocycles. The van der Waals surface area contributed by atoms with Crippen LogP contribution < -0.4 is 5.32 Å². The van der Waals surface area contributed by atoms with E-state index in [9.17, 15) is 23.1 Å². The van der Waals surface area contributed by atoms with Gasteiger partial charge in [0.05, 0.1) is 25.7 Å². The van der Waals surface area contributed by atoms with Gasteiger partial charge < -0.3 is 15.5 Å². The lowest BCUT2D eigenvalue weighted by molar-refractivity contribution is -0.140. The number of alkyl halides is 3. The Hall–Kier alpha value is -1.64. The fourth-order valence-corrected chi connectivity index (χ4v) is 1.98. The number of aliphatic hydroxyl groups excluding tert-OH is 2. The molecule has 3 N–H and O–H groups in total. The van der Waals surface area contributed by atoms with Gasteiger partial charge in [0.2, 0.25) is 5.91 Å². The minimum absolute atomic E-state index is 0.215. The SMILES string of the molecule is Cc1ccccc1NC(=O)CN(CCC(F)(F)F)C[C@H](O)CO. The summed E-state index contributed by atoms with van der Waals surface area (Å²) < 4.78 is 37.0. The van der Waals surface area contributed by atoms with Crippen molar-refractivity contribution in [3.05, 3.63) is 29.8 Å². The maximum Gasteiger partial charge on any atom is 0.390 e. The van der Waals surface area contributed by atoms with E-state index >= 15 is 0 Å². The number of rotatable bonds is 8. The molecule has 0 fully saturated rings. The van der Waals surface area contributed by atoms with Gasteiger partial charge in [-0.25, -0.2) is 0 Å². The first-order valence-electron chi connectivity index (χ1n) is 7.15. The number of aliphatic hydroxyl groups is 2. The van der Waals surface area contributed by atoms with Crippen molar-refractivity contribution in [1.29, 1.82) is 0 Å². The van der Waals surface area contributed by atoms with Crippen LogP contribution in [0.3, 0.4) is 0 Å². The van der Waals surface area contributed by atoms with Crippen LogP contribution >= 0.6 is 0 Å². The molecule has 0 unspecified atom stereocenters. The molecule has 0 spiro atoms. The van der Waals surface area contributed by atoms with E-state index in [1.54, 1.807) is 31.2 Å². The summed E-state index contributed by atoms with van der Waals surface area (Å²) in [6.07, 6.45) is -6.65. The van der Waals surface area contributed by atoms with Crippen molar-refractivity contribution in [3.63, 3.8) is 0 Å². The highest BCUT2D eigenvalue weighted by Crippen LogP contribution is 2.20. The number of nitrogens with zero attached hydrogens (tertiary/aromatic N) is 1. The second kappa shape index (κ2) is 8.85. The molecule has 5 nitrogen and oxygen atoms in total. The van der Waals surface area contributed by atoms with Gasteiger partial charge in [0.15, 0.2) is 0 Å². The first-order chi connectivity index (χ1) is 10.7. The Morgan fingerprint density at radius 1 is 1.35 bits per heavy atom. The van der Waals surface area contributed by atoms with Crippen LogP contribution in [0.25, 0.3) is 0 Å². The van der Waals surface area contributed by atoms with Gasteiger partial charge in [0, 0.05) is 18.8 Å². The minimum atomic E-state index is -4.35. The third kappa shape index (κ3) is 7.96. The molecule has 0 radical (unpaired) electrons. The lowest BCUT2D eigenvalue weighted by Gasteiger charge is -2.24. The van der Waals surface area contributed by atoms with E-state index < -0.39 is 37.8 Å². The summed E-state index contributed by atoms with van der Waals surface area (Å²) in [5.41, 5.74) is 1.41. The molecule has 1 rings (SSSR count). The number of hydrogen-bond acceptors (Lipinski definition) is 4. The van der Waals surface area contributed by atoms with Crippen molar-refractivity contribution in [2.45, 2.75) is 25.6 Å². The summed E-state index contributed by atoms with van der Waals surface area (Å²) >= 11 is 0. The Morgan fingerprint density at radius 2 is 2.00 bits per heavy atom. The normalized spacial score (nSPS) is 13.2. The van der Waals surface area contributed by atoms with Gasteiger partial charge in [-0.15, -0.1) is 0 Å². The molecule has 0 aliphatic heterocycles. The van der Waals surface area contributed by atoms with Crippen LogP contribution in [0.5, 0.6) is 0 Å². The van der Waals surface area contributed by atoms with Crippen LogP contribution in [0.4, 0.5) is 18.9 Å². The van der Waals surface area contributed by atoms with Crippen LogP contribution in [0.1, 0.15) is 12.0 Å². The monoisotopic (exact) mass is 334 g/mol. The van der Waals surface area contributed by atoms with E-state index in [2.05, 4.69) is 5.32 Å². The van der Waals surface area contributed by atoms with Crippen LogP contribution in [0.15, 0.2) is 24.3 Å². The van der Waals surface area contributed by atoms with Crippen LogP contribution in [0.2, 0.25) is 0 Å². The predicted molar refractivity (Wildman–Crippen MR) is 80.0 cm³/mol. The Kier molecular flexibility index (Phi) is 7.47. The molecule has 1 atom stereocenters. The largest absolute Gasteiger partial charge is 0.394 e. The zero-order valence-corrected chi connectivity index (χ0v) is 12.8. The number of nitrogens with one attached hydrogen (secondary N) is 1. The first kappa shape index (κ1) is 19.4. The van der Waals surface area contributed by atoms with E-state index in [0.29, 0.717) is 5.69 Å². The second-order valence-corrected chi connectivity index (χ2v) is 5.30. The molecule has 0 saturated carbocycles. The minimum Gasteiger partial charge on any atom is -0.394 e. The summed E-state index contributed by atoms with van der Waals surface area (Å²) in [5.74, 6) is -0.480. The molecule has 0 aliphatic carbocycles. The summed E-state index contributed by atoms with van der Waals surface area (Å²) in [4.78, 5) is 13.2. The molecule has 0 bridgehead atoms. The van der Waals surface area contributed by atoms with Gasteiger partial charge >= 0.3 is 6.18 Å². The molecule has 0 saturated heterocycles. The number of carbonyl (C=O) groups is 1. The van der Waals surface area contributed by atoms with Crippen molar-refractivity contribution >= 4 is 11.6 Å². The summed E-state index contributed by atoms with van der Waals surface area (Å²) in [6.45, 7) is 0.269. The van der Waals surface area contributed by atoms with E-state index in [4.69, 9.17) is 5.11 Å². The molecule has 130 valence electrons. The van der Waals surface area contributed by atoms with Crippen LogP contribution in [0, 0.1) is 6.92 Å². The standard InChI is InChI=1S/C15H21F3N2O3/c1-11-4-2-3-5-13(11)19-14(23)9-20(8-12(22)10-21)7-6-15(16,17)18/h2-5,12,21-22H,6-10H2,1H3,(H,19,23)/t12-/m0/s1. The highest BCUT2D eigenvalue weighted by molar-refractivity contribution is 5.92. The number of halogens is 3. The lowest BCUT2D eigenvalue weighted by Crippen LogP contribution is -2.41. The fourth-order valence-electron chi connectivity index (χ4n) is 1.98. The van der Waals surface area contributed by atoms with Gasteiger partial charge in [-0.1, -0.05) is 18.2 Å². The van der Waals surface area contributed by atoms with E-state index in [1.807, 2.05) is 0 Å². The van der Waals surface area contributed by atoms with Crippen molar-refractivity contribution in [1.82, 2.24) is 4.90 Å². The van der Waals surface area contributed by atoms with Gasteiger partial charge in [-0.3, -0.25) is 9.69 Å². The molecule has 8 heteroatoms. The first-order valence-corrected chi connectivity index (χ1v) is 7.15. The molecule has 23 heavy (non-hydrogen) atoms. The zero-order chi connectivity index (χ0) is 17.5. The molecule has 1 aromatic carbocycles. The summed E-state index contributed by atoms with van der Waals surface area (Å²) in [6, 6.07) is 7.03.